The average Bonchev–Trinajstić information content (AvgIpc) is 2.49. The summed E-state index contributed by atoms with van der Waals surface area (Å²) in [4.78, 5) is 0. The second-order valence-electron chi connectivity index (χ2n) is 4.95. The Hall–Kier alpha value is -1.59. The van der Waals surface area contributed by atoms with Gasteiger partial charge in [-0.1, -0.05) is 28.1 Å². The fourth-order valence-corrected chi connectivity index (χ4v) is 2.96. The number of fused-ring (bicyclic) bond motifs is 1. The number of ether oxygens (including phenoxy) is 2. The van der Waals surface area contributed by atoms with Gasteiger partial charge in [-0.15, -0.1) is 0 Å². The van der Waals surface area contributed by atoms with Crippen LogP contribution in [0.1, 0.15) is 17.2 Å². The smallest absolute Gasteiger partial charge is 0.162 e. The predicted molar refractivity (Wildman–Crippen MR) is 82.2 cm³/mol. The van der Waals surface area contributed by atoms with E-state index in [9.17, 15) is 4.39 Å². The van der Waals surface area contributed by atoms with Crippen LogP contribution in [-0.4, -0.2) is 13.2 Å². The van der Waals surface area contributed by atoms with Crippen molar-refractivity contribution in [2.24, 2.45) is 5.73 Å². The molecule has 0 spiro atoms. The van der Waals surface area contributed by atoms with E-state index in [1.807, 2.05) is 12.1 Å². The van der Waals surface area contributed by atoms with Crippen molar-refractivity contribution >= 4 is 15.9 Å². The maximum absolute atomic E-state index is 12.9. The molecule has 0 aromatic heterocycles. The Morgan fingerprint density at radius 1 is 1.10 bits per heavy atom. The molecule has 2 aromatic carbocycles. The average molecular weight is 352 g/mol. The Morgan fingerprint density at radius 3 is 2.38 bits per heavy atom. The van der Waals surface area contributed by atoms with Crippen LogP contribution in [-0.2, 0) is 6.42 Å². The number of hydrogen-bond acceptors (Lipinski definition) is 3. The van der Waals surface area contributed by atoms with Crippen molar-refractivity contribution in [2.75, 3.05) is 13.2 Å². The molecule has 0 amide bonds. The Bertz CT molecular complexity index is 645. The third kappa shape index (κ3) is 3.19. The second kappa shape index (κ2) is 6.03. The van der Waals surface area contributed by atoms with Gasteiger partial charge in [-0.2, -0.15) is 0 Å². The molecule has 0 radical (unpaired) electrons. The topological polar surface area (TPSA) is 44.5 Å². The fraction of sp³-hybridized carbons (Fsp3) is 0.250. The van der Waals surface area contributed by atoms with E-state index in [1.54, 1.807) is 12.1 Å². The van der Waals surface area contributed by atoms with Gasteiger partial charge in [-0.05, 0) is 41.8 Å². The van der Waals surface area contributed by atoms with E-state index >= 15 is 0 Å². The first-order valence-electron chi connectivity index (χ1n) is 6.72. The summed E-state index contributed by atoms with van der Waals surface area (Å²) in [5.41, 5.74) is 8.22. The predicted octanol–water partition coefficient (Wildman–Crippen LogP) is 3.60. The highest BCUT2D eigenvalue weighted by Gasteiger charge is 2.18. The molecule has 0 bridgehead atoms. The van der Waals surface area contributed by atoms with Gasteiger partial charge in [0.15, 0.2) is 11.5 Å². The molecule has 2 aromatic rings. The molecule has 1 aliphatic rings. The number of benzene rings is 2. The maximum atomic E-state index is 12.9. The minimum Gasteiger partial charge on any atom is -0.486 e. The molecule has 21 heavy (non-hydrogen) atoms. The van der Waals surface area contributed by atoms with Gasteiger partial charge < -0.3 is 15.2 Å². The Kier molecular flexibility index (Phi) is 4.12. The van der Waals surface area contributed by atoms with Crippen LogP contribution in [0, 0.1) is 5.82 Å². The van der Waals surface area contributed by atoms with Gasteiger partial charge in [0, 0.05) is 10.5 Å². The molecule has 1 atom stereocenters. The standard InChI is InChI=1S/C16H15BrFNO2/c17-13-9-16-15(20-5-6-21-16)8-12(13)14(19)7-10-1-3-11(18)4-2-10/h1-4,8-9,14H,5-7,19H2. The SMILES string of the molecule is NC(Cc1ccc(F)cc1)c1cc2c(cc1Br)OCCO2. The highest BCUT2D eigenvalue weighted by Crippen LogP contribution is 2.37. The van der Waals surface area contributed by atoms with Gasteiger partial charge >= 0.3 is 0 Å². The van der Waals surface area contributed by atoms with E-state index in [2.05, 4.69) is 15.9 Å². The first-order valence-corrected chi connectivity index (χ1v) is 7.52. The highest BCUT2D eigenvalue weighted by molar-refractivity contribution is 9.10. The van der Waals surface area contributed by atoms with Crippen LogP contribution in [0.25, 0.3) is 0 Å². The molecule has 2 N–H and O–H groups in total. The summed E-state index contributed by atoms with van der Waals surface area (Å²) in [6.07, 6.45) is 0.624. The molecule has 0 saturated carbocycles. The lowest BCUT2D eigenvalue weighted by atomic mass is 9.99. The zero-order chi connectivity index (χ0) is 14.8. The summed E-state index contributed by atoms with van der Waals surface area (Å²) in [6, 6.07) is 9.98. The minimum absolute atomic E-state index is 0.208. The van der Waals surface area contributed by atoms with Crippen LogP contribution in [0.2, 0.25) is 0 Å². The Balaban J connectivity index is 1.83. The van der Waals surface area contributed by atoms with E-state index in [4.69, 9.17) is 15.2 Å². The zero-order valence-electron chi connectivity index (χ0n) is 11.3. The summed E-state index contributed by atoms with van der Waals surface area (Å²) < 4.78 is 24.9. The molecule has 0 saturated heterocycles. The summed E-state index contributed by atoms with van der Waals surface area (Å²) in [5, 5.41) is 0. The Morgan fingerprint density at radius 2 is 1.71 bits per heavy atom. The normalized spacial score (nSPS) is 14.8. The first-order chi connectivity index (χ1) is 10.1. The van der Waals surface area contributed by atoms with E-state index in [0.717, 1.165) is 21.3 Å². The molecule has 1 heterocycles. The lowest BCUT2D eigenvalue weighted by molar-refractivity contribution is 0.171. The van der Waals surface area contributed by atoms with E-state index in [1.165, 1.54) is 12.1 Å². The van der Waals surface area contributed by atoms with Crippen molar-refractivity contribution in [1.29, 1.82) is 0 Å². The molecule has 110 valence electrons. The highest BCUT2D eigenvalue weighted by atomic mass is 79.9. The summed E-state index contributed by atoms with van der Waals surface area (Å²) in [5.74, 6) is 1.20. The summed E-state index contributed by atoms with van der Waals surface area (Å²) >= 11 is 3.53. The van der Waals surface area contributed by atoms with Gasteiger partial charge in [-0.25, -0.2) is 4.39 Å². The van der Waals surface area contributed by atoms with Crippen molar-refractivity contribution in [3.05, 3.63) is 57.8 Å². The van der Waals surface area contributed by atoms with E-state index in [-0.39, 0.29) is 11.9 Å². The van der Waals surface area contributed by atoms with Crippen molar-refractivity contribution < 1.29 is 13.9 Å². The molecule has 5 heteroatoms. The molecule has 3 rings (SSSR count). The first kappa shape index (κ1) is 14.4. The lowest BCUT2D eigenvalue weighted by Crippen LogP contribution is -2.18. The molecular formula is C16H15BrFNO2. The number of halogens is 2. The molecular weight excluding hydrogens is 337 g/mol. The van der Waals surface area contributed by atoms with Gasteiger partial charge in [0.25, 0.3) is 0 Å². The zero-order valence-corrected chi connectivity index (χ0v) is 12.9. The molecule has 1 aliphatic heterocycles. The van der Waals surface area contributed by atoms with E-state index in [0.29, 0.717) is 25.4 Å². The largest absolute Gasteiger partial charge is 0.486 e. The molecule has 1 unspecified atom stereocenters. The third-order valence-corrected chi connectivity index (χ3v) is 4.12. The van der Waals surface area contributed by atoms with Gasteiger partial charge in [-0.3, -0.25) is 0 Å². The number of rotatable bonds is 3. The second-order valence-corrected chi connectivity index (χ2v) is 5.81. The Labute approximate surface area is 131 Å². The van der Waals surface area contributed by atoms with Crippen LogP contribution >= 0.6 is 15.9 Å². The summed E-state index contributed by atoms with van der Waals surface area (Å²) in [7, 11) is 0. The fourth-order valence-electron chi connectivity index (χ4n) is 2.35. The molecule has 3 nitrogen and oxygen atoms in total. The van der Waals surface area contributed by atoms with Crippen LogP contribution in [0.4, 0.5) is 4.39 Å². The van der Waals surface area contributed by atoms with Gasteiger partial charge in [0.2, 0.25) is 0 Å². The monoisotopic (exact) mass is 351 g/mol. The number of nitrogens with two attached hydrogens (primary N) is 1. The van der Waals surface area contributed by atoms with Crippen LogP contribution in [0.3, 0.4) is 0 Å². The van der Waals surface area contributed by atoms with E-state index < -0.39 is 0 Å². The van der Waals surface area contributed by atoms with Crippen molar-refractivity contribution in [3.8, 4) is 11.5 Å². The number of hydrogen-bond donors (Lipinski definition) is 1. The van der Waals surface area contributed by atoms with Gasteiger partial charge in [0.05, 0.1) is 0 Å². The third-order valence-electron chi connectivity index (χ3n) is 3.43. The van der Waals surface area contributed by atoms with Crippen LogP contribution < -0.4 is 15.2 Å². The van der Waals surface area contributed by atoms with Crippen LogP contribution in [0.15, 0.2) is 40.9 Å². The van der Waals surface area contributed by atoms with Crippen molar-refractivity contribution in [3.63, 3.8) is 0 Å². The summed E-state index contributed by atoms with van der Waals surface area (Å²) in [6.45, 7) is 1.10. The van der Waals surface area contributed by atoms with Crippen molar-refractivity contribution in [2.45, 2.75) is 12.5 Å². The minimum atomic E-state index is -0.243. The molecule has 0 aliphatic carbocycles. The van der Waals surface area contributed by atoms with Crippen LogP contribution in [0.5, 0.6) is 11.5 Å². The maximum Gasteiger partial charge on any atom is 0.162 e. The van der Waals surface area contributed by atoms with Gasteiger partial charge in [0.1, 0.15) is 19.0 Å². The lowest BCUT2D eigenvalue weighted by Gasteiger charge is -2.22. The van der Waals surface area contributed by atoms with Crippen molar-refractivity contribution in [1.82, 2.24) is 0 Å². The molecule has 0 fully saturated rings. The quantitative estimate of drug-likeness (QED) is 0.918.